The molecule has 2 aromatic rings. The molecule has 0 aliphatic carbocycles. The zero-order chi connectivity index (χ0) is 21.1. The molecule has 1 amide bonds. The number of ether oxygens (including phenoxy) is 1. The van der Waals surface area contributed by atoms with E-state index in [1.54, 1.807) is 4.72 Å². The van der Waals surface area contributed by atoms with Crippen LogP contribution >= 0.6 is 23.2 Å². The average Bonchev–Trinajstić information content (AvgIpc) is 2.54. The molecule has 8 nitrogen and oxygen atoms in total. The van der Waals surface area contributed by atoms with E-state index in [2.05, 4.69) is 5.32 Å². The molecular formula is C16H16Cl2N2O6S2. The van der Waals surface area contributed by atoms with Crippen molar-refractivity contribution in [1.29, 1.82) is 0 Å². The van der Waals surface area contributed by atoms with Gasteiger partial charge in [0, 0.05) is 18.2 Å². The Labute approximate surface area is 172 Å². The minimum absolute atomic E-state index is 0.0482. The second-order valence-electron chi connectivity index (χ2n) is 5.71. The SMILES string of the molecule is CC(=O)NS(=O)(=O)COc1ccc(Cl)cc1Nc1ccc(S(C)(=O)=O)cc1Cl. The third kappa shape index (κ3) is 6.26. The average molecular weight is 467 g/mol. The summed E-state index contributed by atoms with van der Waals surface area (Å²) in [6, 6.07) is 8.51. The van der Waals surface area contributed by atoms with Crippen molar-refractivity contribution in [3.05, 3.63) is 46.4 Å². The molecule has 0 aliphatic rings. The molecule has 0 saturated carbocycles. The summed E-state index contributed by atoms with van der Waals surface area (Å²) in [5.41, 5.74) is 0.644. The van der Waals surface area contributed by atoms with E-state index in [-0.39, 0.29) is 15.7 Å². The Morgan fingerprint density at radius 2 is 1.71 bits per heavy atom. The van der Waals surface area contributed by atoms with Crippen LogP contribution < -0.4 is 14.8 Å². The quantitative estimate of drug-likeness (QED) is 0.643. The van der Waals surface area contributed by atoms with E-state index in [9.17, 15) is 21.6 Å². The first-order chi connectivity index (χ1) is 12.9. The van der Waals surface area contributed by atoms with Crippen LogP contribution in [0.3, 0.4) is 0 Å². The third-order valence-corrected chi connectivity index (χ3v) is 5.93. The molecule has 0 saturated heterocycles. The summed E-state index contributed by atoms with van der Waals surface area (Å²) in [7, 11) is -7.41. The lowest BCUT2D eigenvalue weighted by molar-refractivity contribution is -0.117. The number of nitrogens with one attached hydrogen (secondary N) is 2. The summed E-state index contributed by atoms with van der Waals surface area (Å²) in [6.45, 7) is 1.06. The fourth-order valence-electron chi connectivity index (χ4n) is 2.09. The lowest BCUT2D eigenvalue weighted by atomic mass is 10.2. The number of halogens is 2. The first kappa shape index (κ1) is 22.3. The van der Waals surface area contributed by atoms with Crippen molar-refractivity contribution in [1.82, 2.24) is 4.72 Å². The molecule has 0 atom stereocenters. The van der Waals surface area contributed by atoms with Gasteiger partial charge in [-0.25, -0.2) is 16.8 Å². The van der Waals surface area contributed by atoms with Crippen LogP contribution in [0.1, 0.15) is 6.92 Å². The number of carbonyl (C=O) groups excluding carboxylic acids is 1. The second kappa shape index (κ2) is 8.56. The Balaban J connectivity index is 2.29. The molecular weight excluding hydrogens is 451 g/mol. The van der Waals surface area contributed by atoms with Gasteiger partial charge in [0.1, 0.15) is 5.75 Å². The summed E-state index contributed by atoms with van der Waals surface area (Å²) in [6.07, 6.45) is 1.06. The van der Waals surface area contributed by atoms with E-state index < -0.39 is 31.7 Å². The van der Waals surface area contributed by atoms with Crippen molar-refractivity contribution in [3.8, 4) is 5.75 Å². The maximum absolute atomic E-state index is 11.8. The van der Waals surface area contributed by atoms with Crippen LogP contribution in [0, 0.1) is 0 Å². The largest absolute Gasteiger partial charge is 0.474 e. The molecule has 0 aromatic heterocycles. The predicted molar refractivity (Wildman–Crippen MR) is 108 cm³/mol. The molecule has 0 fully saturated rings. The second-order valence-corrected chi connectivity index (χ2v) is 10.2. The molecule has 2 N–H and O–H groups in total. The molecule has 0 unspecified atom stereocenters. The lowest BCUT2D eigenvalue weighted by Gasteiger charge is -2.15. The third-order valence-electron chi connectivity index (χ3n) is 3.25. The first-order valence-corrected chi connectivity index (χ1v) is 11.9. The van der Waals surface area contributed by atoms with Crippen LogP contribution in [-0.4, -0.2) is 34.9 Å². The van der Waals surface area contributed by atoms with E-state index >= 15 is 0 Å². The number of hydrogen-bond donors (Lipinski definition) is 2. The van der Waals surface area contributed by atoms with Crippen LogP contribution in [-0.2, 0) is 24.7 Å². The number of anilines is 2. The van der Waals surface area contributed by atoms with Crippen LogP contribution in [0.2, 0.25) is 10.0 Å². The van der Waals surface area contributed by atoms with Gasteiger partial charge in [0.05, 0.1) is 21.3 Å². The molecule has 0 radical (unpaired) electrons. The fraction of sp³-hybridized carbons (Fsp3) is 0.188. The van der Waals surface area contributed by atoms with Gasteiger partial charge in [-0.2, -0.15) is 0 Å². The predicted octanol–water partition coefficient (Wildman–Crippen LogP) is 2.94. The molecule has 0 spiro atoms. The normalized spacial score (nSPS) is 11.7. The Bertz CT molecular complexity index is 1120. The molecule has 152 valence electrons. The summed E-state index contributed by atoms with van der Waals surface area (Å²) in [5, 5.41) is 3.38. The van der Waals surface area contributed by atoms with E-state index in [1.807, 2.05) is 0 Å². The maximum Gasteiger partial charge on any atom is 0.270 e. The van der Waals surface area contributed by atoms with Crippen molar-refractivity contribution >= 4 is 60.3 Å². The molecule has 0 bridgehead atoms. The fourth-order valence-corrected chi connectivity index (χ4v) is 3.98. The van der Waals surface area contributed by atoms with E-state index in [0.29, 0.717) is 16.4 Å². The molecule has 2 aromatic carbocycles. The zero-order valence-corrected chi connectivity index (χ0v) is 17.8. The van der Waals surface area contributed by atoms with Crippen LogP contribution in [0.25, 0.3) is 0 Å². The highest BCUT2D eigenvalue weighted by molar-refractivity contribution is 7.90. The van der Waals surface area contributed by atoms with Crippen molar-refractivity contribution in [3.63, 3.8) is 0 Å². The van der Waals surface area contributed by atoms with Crippen molar-refractivity contribution in [2.45, 2.75) is 11.8 Å². The Hall–Kier alpha value is -2.01. The van der Waals surface area contributed by atoms with Crippen molar-refractivity contribution < 1.29 is 26.4 Å². The van der Waals surface area contributed by atoms with Gasteiger partial charge in [0.2, 0.25) is 11.8 Å². The number of sulfone groups is 1. The highest BCUT2D eigenvalue weighted by atomic mass is 35.5. The van der Waals surface area contributed by atoms with Gasteiger partial charge in [-0.05, 0) is 36.4 Å². The maximum atomic E-state index is 11.8. The summed E-state index contributed by atoms with van der Waals surface area (Å²) in [4.78, 5) is 11.0. The van der Waals surface area contributed by atoms with Crippen molar-refractivity contribution in [2.24, 2.45) is 0 Å². The Morgan fingerprint density at radius 1 is 1.04 bits per heavy atom. The zero-order valence-electron chi connectivity index (χ0n) is 14.7. The van der Waals surface area contributed by atoms with Crippen LogP contribution in [0.4, 0.5) is 11.4 Å². The van der Waals surface area contributed by atoms with Gasteiger partial charge >= 0.3 is 0 Å². The minimum atomic E-state index is -3.98. The van der Waals surface area contributed by atoms with Crippen LogP contribution in [0.15, 0.2) is 41.3 Å². The lowest BCUT2D eigenvalue weighted by Crippen LogP contribution is -2.32. The van der Waals surface area contributed by atoms with Crippen LogP contribution in [0.5, 0.6) is 5.75 Å². The van der Waals surface area contributed by atoms with Gasteiger partial charge in [-0.1, -0.05) is 23.2 Å². The molecule has 12 heteroatoms. The number of sulfonamides is 1. The summed E-state index contributed by atoms with van der Waals surface area (Å²) < 4.78 is 53.8. The van der Waals surface area contributed by atoms with Gasteiger partial charge in [-0.15, -0.1) is 0 Å². The summed E-state index contributed by atoms with van der Waals surface area (Å²) >= 11 is 12.1. The standard InChI is InChI=1S/C16H16Cl2N2O6S2/c1-10(21)20-28(24,25)9-26-16-6-3-11(17)7-15(16)19-14-5-4-12(8-13(14)18)27(2,22)23/h3-8,19H,9H2,1-2H3,(H,20,21). The molecule has 0 aliphatic heterocycles. The van der Waals surface area contributed by atoms with Gasteiger partial charge < -0.3 is 10.1 Å². The van der Waals surface area contributed by atoms with E-state index in [1.165, 1.54) is 36.4 Å². The monoisotopic (exact) mass is 466 g/mol. The topological polar surface area (TPSA) is 119 Å². The number of carbonyl (C=O) groups is 1. The highest BCUT2D eigenvalue weighted by Crippen LogP contribution is 2.34. The molecule has 28 heavy (non-hydrogen) atoms. The van der Waals surface area contributed by atoms with E-state index in [4.69, 9.17) is 27.9 Å². The number of amides is 1. The molecule has 0 heterocycles. The first-order valence-electron chi connectivity index (χ1n) is 7.57. The van der Waals surface area contributed by atoms with Gasteiger partial charge in [-0.3, -0.25) is 9.52 Å². The van der Waals surface area contributed by atoms with Gasteiger partial charge in [0.25, 0.3) is 10.0 Å². The number of rotatable bonds is 7. The minimum Gasteiger partial charge on any atom is -0.474 e. The smallest absolute Gasteiger partial charge is 0.270 e. The highest BCUT2D eigenvalue weighted by Gasteiger charge is 2.16. The van der Waals surface area contributed by atoms with E-state index in [0.717, 1.165) is 13.2 Å². The summed E-state index contributed by atoms with van der Waals surface area (Å²) in [5.74, 6) is -1.42. The van der Waals surface area contributed by atoms with Crippen molar-refractivity contribution in [2.75, 3.05) is 17.5 Å². The Morgan fingerprint density at radius 3 is 2.29 bits per heavy atom. The molecule has 2 rings (SSSR count). The number of hydrogen-bond acceptors (Lipinski definition) is 7. The van der Waals surface area contributed by atoms with Gasteiger partial charge in [0.15, 0.2) is 9.84 Å². The Kier molecular flexibility index (Phi) is 6.81. The number of benzene rings is 2.